The third-order valence-corrected chi connectivity index (χ3v) is 5.49. The monoisotopic (exact) mass is 342 g/mol. The van der Waals surface area contributed by atoms with Crippen LogP contribution in [0.3, 0.4) is 0 Å². The van der Waals surface area contributed by atoms with Crippen LogP contribution >= 0.6 is 23.7 Å². The molecule has 5 nitrogen and oxygen atoms in total. The first-order chi connectivity index (χ1) is 10.1. The minimum atomic E-state index is 0. The van der Waals surface area contributed by atoms with Gasteiger partial charge in [0.2, 0.25) is 0 Å². The second-order valence-electron chi connectivity index (χ2n) is 5.83. The SMILES string of the molecule is CNCC1CCN(C(=O)c2cc3c(C)nn(C)c3s2)CC1.Cl. The second-order valence-corrected chi connectivity index (χ2v) is 6.86. The van der Waals surface area contributed by atoms with Crippen molar-refractivity contribution in [3.05, 3.63) is 16.6 Å². The summed E-state index contributed by atoms with van der Waals surface area (Å²) in [6, 6.07) is 2.00. The molecule has 0 bridgehead atoms. The van der Waals surface area contributed by atoms with Crippen LogP contribution in [0.1, 0.15) is 28.2 Å². The van der Waals surface area contributed by atoms with Crippen LogP contribution in [0.2, 0.25) is 0 Å². The number of hydrogen-bond donors (Lipinski definition) is 1. The van der Waals surface area contributed by atoms with Crippen molar-refractivity contribution in [3.8, 4) is 0 Å². The molecule has 1 aliphatic rings. The predicted octanol–water partition coefficient (Wildman–Crippen LogP) is 2.44. The van der Waals surface area contributed by atoms with Crippen LogP contribution < -0.4 is 5.32 Å². The fourth-order valence-corrected chi connectivity index (χ4v) is 4.19. The molecule has 0 spiro atoms. The van der Waals surface area contributed by atoms with Crippen molar-refractivity contribution >= 4 is 39.9 Å². The first-order valence-electron chi connectivity index (χ1n) is 7.47. The molecular formula is C15H23ClN4OS. The lowest BCUT2D eigenvalue weighted by Gasteiger charge is -2.31. The maximum absolute atomic E-state index is 12.6. The molecule has 22 heavy (non-hydrogen) atoms. The summed E-state index contributed by atoms with van der Waals surface area (Å²) in [6.45, 7) is 4.79. The number of likely N-dealkylation sites (tertiary alicyclic amines) is 1. The number of fused-ring (bicyclic) bond motifs is 1. The maximum Gasteiger partial charge on any atom is 0.264 e. The molecule has 3 rings (SSSR count). The second kappa shape index (κ2) is 6.98. The van der Waals surface area contributed by atoms with Crippen molar-refractivity contribution in [1.82, 2.24) is 20.0 Å². The number of aromatic nitrogens is 2. The van der Waals surface area contributed by atoms with Gasteiger partial charge in [-0.1, -0.05) is 0 Å². The van der Waals surface area contributed by atoms with Crippen LogP contribution in [0.5, 0.6) is 0 Å². The number of carbonyl (C=O) groups excluding carboxylic acids is 1. The van der Waals surface area contributed by atoms with Gasteiger partial charge < -0.3 is 10.2 Å². The van der Waals surface area contributed by atoms with Gasteiger partial charge in [-0.15, -0.1) is 23.7 Å². The Morgan fingerprint density at radius 1 is 1.45 bits per heavy atom. The zero-order chi connectivity index (χ0) is 15.0. The molecule has 7 heteroatoms. The van der Waals surface area contributed by atoms with E-state index < -0.39 is 0 Å². The van der Waals surface area contributed by atoms with Gasteiger partial charge in [0.25, 0.3) is 5.91 Å². The molecule has 3 heterocycles. The minimum Gasteiger partial charge on any atom is -0.338 e. The summed E-state index contributed by atoms with van der Waals surface area (Å²) in [5.41, 5.74) is 0.996. The summed E-state index contributed by atoms with van der Waals surface area (Å²) in [4.78, 5) is 16.6. The number of thiophene rings is 1. The van der Waals surface area contributed by atoms with E-state index in [2.05, 4.69) is 10.4 Å². The molecule has 0 aliphatic carbocycles. The lowest BCUT2D eigenvalue weighted by Crippen LogP contribution is -2.40. The van der Waals surface area contributed by atoms with E-state index in [1.807, 2.05) is 36.7 Å². The van der Waals surface area contributed by atoms with Crippen molar-refractivity contribution < 1.29 is 4.79 Å². The minimum absolute atomic E-state index is 0. The summed E-state index contributed by atoms with van der Waals surface area (Å²) < 4.78 is 1.87. The first kappa shape index (κ1) is 17.2. The Morgan fingerprint density at radius 3 is 2.73 bits per heavy atom. The number of hydrogen-bond acceptors (Lipinski definition) is 4. The van der Waals surface area contributed by atoms with E-state index in [4.69, 9.17) is 0 Å². The lowest BCUT2D eigenvalue weighted by molar-refractivity contribution is 0.0696. The standard InChI is InChI=1S/C15H22N4OS.ClH/c1-10-12-8-13(21-15(12)18(3)17-10)14(20)19-6-4-11(5-7-19)9-16-2;/h8,11,16H,4-7,9H2,1-3H3;1H. The number of nitrogens with zero attached hydrogens (tertiary/aromatic N) is 3. The van der Waals surface area contributed by atoms with Gasteiger partial charge in [0.1, 0.15) is 4.83 Å². The van der Waals surface area contributed by atoms with Gasteiger partial charge >= 0.3 is 0 Å². The summed E-state index contributed by atoms with van der Waals surface area (Å²) >= 11 is 1.55. The van der Waals surface area contributed by atoms with Gasteiger partial charge in [-0.3, -0.25) is 9.48 Å². The zero-order valence-corrected chi connectivity index (χ0v) is 14.9. The van der Waals surface area contributed by atoms with Crippen LogP contribution in [-0.2, 0) is 7.05 Å². The van der Waals surface area contributed by atoms with Crippen LogP contribution in [0.4, 0.5) is 0 Å². The number of aryl methyl sites for hydroxylation is 2. The van der Waals surface area contributed by atoms with E-state index >= 15 is 0 Å². The number of piperidine rings is 1. The highest BCUT2D eigenvalue weighted by atomic mass is 35.5. The molecule has 2 aromatic rings. The van der Waals surface area contributed by atoms with Gasteiger partial charge in [0.05, 0.1) is 10.6 Å². The lowest BCUT2D eigenvalue weighted by atomic mass is 9.97. The Bertz CT molecular complexity index is 623. The van der Waals surface area contributed by atoms with E-state index in [0.29, 0.717) is 5.92 Å². The van der Waals surface area contributed by atoms with Crippen molar-refractivity contribution in [2.24, 2.45) is 13.0 Å². The number of nitrogens with one attached hydrogen (secondary N) is 1. The van der Waals surface area contributed by atoms with Gasteiger partial charge in [0.15, 0.2) is 0 Å². The van der Waals surface area contributed by atoms with Crippen LogP contribution in [0.15, 0.2) is 6.07 Å². The van der Waals surface area contributed by atoms with Crippen LogP contribution in [-0.4, -0.2) is 47.3 Å². The Labute approximate surface area is 141 Å². The van der Waals surface area contributed by atoms with Gasteiger partial charge in [0, 0.05) is 25.5 Å². The van der Waals surface area contributed by atoms with Crippen molar-refractivity contribution in [1.29, 1.82) is 0 Å². The Hall–Kier alpha value is -1.11. The van der Waals surface area contributed by atoms with Gasteiger partial charge in [-0.25, -0.2) is 0 Å². The quantitative estimate of drug-likeness (QED) is 0.932. The number of halogens is 1. The van der Waals surface area contributed by atoms with Crippen LogP contribution in [0, 0.1) is 12.8 Å². The van der Waals surface area contributed by atoms with Gasteiger partial charge in [-0.05, 0) is 45.3 Å². The molecule has 1 N–H and O–H groups in total. The molecule has 1 saturated heterocycles. The van der Waals surface area contributed by atoms with Crippen molar-refractivity contribution in [2.75, 3.05) is 26.7 Å². The van der Waals surface area contributed by atoms with Crippen molar-refractivity contribution in [3.63, 3.8) is 0 Å². The Balaban J connectivity index is 0.00000176. The molecule has 0 atom stereocenters. The summed E-state index contributed by atoms with van der Waals surface area (Å²) in [5.74, 6) is 0.881. The fourth-order valence-electron chi connectivity index (χ4n) is 3.10. The fraction of sp³-hybridized carbons (Fsp3) is 0.600. The smallest absolute Gasteiger partial charge is 0.264 e. The third-order valence-electron chi connectivity index (χ3n) is 4.30. The van der Waals surface area contributed by atoms with E-state index in [9.17, 15) is 4.79 Å². The molecule has 0 aromatic carbocycles. The predicted molar refractivity (Wildman–Crippen MR) is 93.1 cm³/mol. The summed E-state index contributed by atoms with van der Waals surface area (Å²) in [6.07, 6.45) is 2.19. The average Bonchev–Trinajstić information content (AvgIpc) is 3.02. The van der Waals surface area contributed by atoms with Crippen molar-refractivity contribution in [2.45, 2.75) is 19.8 Å². The maximum atomic E-state index is 12.6. The summed E-state index contributed by atoms with van der Waals surface area (Å²) in [5, 5.41) is 8.72. The highest BCUT2D eigenvalue weighted by Crippen LogP contribution is 2.29. The van der Waals surface area contributed by atoms with Crippen LogP contribution in [0.25, 0.3) is 10.2 Å². The largest absolute Gasteiger partial charge is 0.338 e. The van der Waals surface area contributed by atoms with E-state index in [1.54, 1.807) is 11.3 Å². The highest BCUT2D eigenvalue weighted by molar-refractivity contribution is 7.20. The number of amides is 1. The Kier molecular flexibility index (Phi) is 5.47. The molecule has 0 saturated carbocycles. The molecule has 2 aromatic heterocycles. The number of rotatable bonds is 3. The zero-order valence-electron chi connectivity index (χ0n) is 13.3. The molecule has 1 fully saturated rings. The van der Waals surface area contributed by atoms with E-state index in [-0.39, 0.29) is 18.3 Å². The Morgan fingerprint density at radius 2 is 2.14 bits per heavy atom. The highest BCUT2D eigenvalue weighted by Gasteiger charge is 2.25. The molecular weight excluding hydrogens is 320 g/mol. The van der Waals surface area contributed by atoms with Gasteiger partial charge in [-0.2, -0.15) is 5.10 Å². The molecule has 122 valence electrons. The third kappa shape index (κ3) is 3.14. The number of carbonyl (C=O) groups is 1. The normalized spacial score (nSPS) is 16.0. The molecule has 0 radical (unpaired) electrons. The van der Waals surface area contributed by atoms with E-state index in [1.165, 1.54) is 0 Å². The molecule has 1 aliphatic heterocycles. The average molecular weight is 343 g/mol. The van der Waals surface area contributed by atoms with E-state index in [0.717, 1.165) is 53.3 Å². The molecule has 1 amide bonds. The summed E-state index contributed by atoms with van der Waals surface area (Å²) in [7, 11) is 3.93. The topological polar surface area (TPSA) is 50.2 Å². The molecule has 0 unspecified atom stereocenters. The first-order valence-corrected chi connectivity index (χ1v) is 8.29.